The molecule has 0 aromatic heterocycles. The topological polar surface area (TPSA) is 44.8 Å². The van der Waals surface area contributed by atoms with Gasteiger partial charge in [-0.1, -0.05) is 125 Å². The fourth-order valence-electron chi connectivity index (χ4n) is 4.65. The highest BCUT2D eigenvalue weighted by Crippen LogP contribution is 2.60. The van der Waals surface area contributed by atoms with Crippen molar-refractivity contribution in [3.63, 3.8) is 0 Å². The number of phosphoric acid groups is 1. The molecule has 6 heteroatoms. The molecule has 0 amide bonds. The van der Waals surface area contributed by atoms with Gasteiger partial charge < -0.3 is 13.6 Å². The molecule has 41 heavy (non-hydrogen) atoms. The molecule has 1 aliphatic rings. The second-order valence-electron chi connectivity index (χ2n) is 15.3. The largest absolute Gasteiger partial charge is 0.647 e. The van der Waals surface area contributed by atoms with Crippen LogP contribution in [-0.4, -0.2) is 0 Å². The van der Waals surface area contributed by atoms with Gasteiger partial charge in [-0.05, 0) is 64.0 Å². The molecule has 0 saturated heterocycles. The van der Waals surface area contributed by atoms with Crippen molar-refractivity contribution >= 4 is 19.6 Å². The van der Waals surface area contributed by atoms with Crippen LogP contribution in [0, 0.1) is 6.92 Å². The molecule has 0 unspecified atom stereocenters. The monoisotopic (exact) mass is 594 g/mol. The van der Waals surface area contributed by atoms with Gasteiger partial charge in [0.25, 0.3) is 0 Å². The van der Waals surface area contributed by atoms with Crippen molar-refractivity contribution in [3.05, 3.63) is 76.3 Å². The number of fused-ring (bicyclic) bond motifs is 2. The van der Waals surface area contributed by atoms with Crippen LogP contribution in [0.1, 0.15) is 111 Å². The fourth-order valence-corrected chi connectivity index (χ4v) is 7.20. The maximum absolute atomic E-state index is 14.8. The number of benzene rings is 3. The molecule has 0 aliphatic carbocycles. The number of hydrogen-bond donors (Lipinski definition) is 0. The Labute approximate surface area is 252 Å². The Morgan fingerprint density at radius 2 is 1.00 bits per heavy atom. The molecule has 1 heterocycles. The first-order valence-electron chi connectivity index (χ1n) is 14.4. The molecular formula is C35H47O4PS. The molecule has 4 nitrogen and oxygen atoms in total. The molecule has 3 aromatic carbocycles. The maximum Gasteiger partial charge on any atom is 0.647 e. The molecule has 0 saturated carbocycles. The lowest BCUT2D eigenvalue weighted by molar-refractivity contribution is 0.287. The van der Waals surface area contributed by atoms with Crippen molar-refractivity contribution in [1.29, 1.82) is 0 Å². The third-order valence-corrected chi connectivity index (χ3v) is 9.62. The van der Waals surface area contributed by atoms with E-state index >= 15 is 0 Å². The van der Waals surface area contributed by atoms with E-state index in [0.29, 0.717) is 17.2 Å². The van der Waals surface area contributed by atoms with Gasteiger partial charge in [-0.3, -0.25) is 0 Å². The van der Waals surface area contributed by atoms with Crippen LogP contribution < -0.4 is 13.6 Å². The second kappa shape index (κ2) is 10.4. The van der Waals surface area contributed by atoms with Gasteiger partial charge in [0.05, 0.1) is 9.79 Å². The second-order valence-corrected chi connectivity index (χ2v) is 17.9. The smallest absolute Gasteiger partial charge is 0.386 e. The molecule has 0 bridgehead atoms. The van der Waals surface area contributed by atoms with E-state index in [9.17, 15) is 4.57 Å². The van der Waals surface area contributed by atoms with E-state index in [2.05, 4.69) is 107 Å². The fraction of sp³-hybridized carbons (Fsp3) is 0.486. The minimum atomic E-state index is -4.20. The minimum Gasteiger partial charge on any atom is -0.386 e. The number of phosphoric ester groups is 1. The summed E-state index contributed by atoms with van der Waals surface area (Å²) in [4.78, 5) is 1.82. The molecule has 3 aromatic rings. The van der Waals surface area contributed by atoms with E-state index in [0.717, 1.165) is 26.5 Å². The van der Waals surface area contributed by atoms with Crippen LogP contribution in [0.15, 0.2) is 58.3 Å². The van der Waals surface area contributed by atoms with Crippen molar-refractivity contribution in [2.24, 2.45) is 0 Å². The molecule has 0 N–H and O–H groups in total. The molecule has 4 rings (SSSR count). The summed E-state index contributed by atoms with van der Waals surface area (Å²) in [6.45, 7) is 28.2. The zero-order chi connectivity index (χ0) is 30.8. The lowest BCUT2D eigenvalue weighted by Crippen LogP contribution is -2.22. The van der Waals surface area contributed by atoms with Crippen LogP contribution >= 0.6 is 19.6 Å². The van der Waals surface area contributed by atoms with E-state index in [1.54, 1.807) is 23.9 Å². The Balaban J connectivity index is 2.08. The Bertz CT molecular complexity index is 1410. The van der Waals surface area contributed by atoms with Crippen LogP contribution in [0.5, 0.6) is 17.2 Å². The first-order chi connectivity index (χ1) is 18.6. The Kier molecular flexibility index (Phi) is 8.02. The highest BCUT2D eigenvalue weighted by Gasteiger charge is 2.42. The first kappa shape index (κ1) is 31.6. The molecule has 0 spiro atoms. The predicted octanol–water partition coefficient (Wildman–Crippen LogP) is 11.3. The minimum absolute atomic E-state index is 0.0940. The Morgan fingerprint density at radius 1 is 0.610 bits per heavy atom. The van der Waals surface area contributed by atoms with Gasteiger partial charge in [-0.25, -0.2) is 0 Å². The van der Waals surface area contributed by atoms with E-state index in [4.69, 9.17) is 13.6 Å². The molecule has 0 atom stereocenters. The van der Waals surface area contributed by atoms with Crippen molar-refractivity contribution in [2.75, 3.05) is 0 Å². The first-order valence-corrected chi connectivity index (χ1v) is 16.7. The summed E-state index contributed by atoms with van der Waals surface area (Å²) < 4.78 is 34.0. The molecule has 222 valence electrons. The summed E-state index contributed by atoms with van der Waals surface area (Å²) in [5, 5.41) is 0. The van der Waals surface area contributed by atoms with Crippen LogP contribution in [0.2, 0.25) is 0 Å². The van der Waals surface area contributed by atoms with Gasteiger partial charge >= 0.3 is 7.82 Å². The Hall–Kier alpha value is -2.36. The Morgan fingerprint density at radius 3 is 1.34 bits per heavy atom. The van der Waals surface area contributed by atoms with Crippen LogP contribution in [0.3, 0.4) is 0 Å². The van der Waals surface area contributed by atoms with E-state index < -0.39 is 7.82 Å². The van der Waals surface area contributed by atoms with Crippen molar-refractivity contribution in [1.82, 2.24) is 0 Å². The predicted molar refractivity (Wildman–Crippen MR) is 172 cm³/mol. The maximum atomic E-state index is 14.8. The number of rotatable bonds is 2. The summed E-state index contributed by atoms with van der Waals surface area (Å²) >= 11 is 1.62. The SMILES string of the molecule is Cc1ccc(OP2(=O)Oc3c(cc(C(C)(C)C)cc3C(C)(C)C)Sc3cc(C(C)(C)C)cc(C(C)(C)C)c3O2)cc1. The zero-order valence-electron chi connectivity index (χ0n) is 27.1. The van der Waals surface area contributed by atoms with Crippen molar-refractivity contribution < 1.29 is 18.1 Å². The quantitative estimate of drug-likeness (QED) is 0.276. The lowest BCUT2D eigenvalue weighted by Gasteiger charge is -2.34. The van der Waals surface area contributed by atoms with Crippen LogP contribution in [0.25, 0.3) is 0 Å². The zero-order valence-corrected chi connectivity index (χ0v) is 28.8. The average molecular weight is 595 g/mol. The van der Waals surface area contributed by atoms with Gasteiger partial charge in [-0.15, -0.1) is 0 Å². The highest BCUT2D eigenvalue weighted by atomic mass is 32.2. The molecule has 0 fully saturated rings. The van der Waals surface area contributed by atoms with Gasteiger partial charge in [-0.2, -0.15) is 4.57 Å². The summed E-state index contributed by atoms with van der Waals surface area (Å²) in [6, 6.07) is 16.2. The van der Waals surface area contributed by atoms with Crippen LogP contribution in [0.4, 0.5) is 0 Å². The average Bonchev–Trinajstić information content (AvgIpc) is 2.78. The molecule has 1 aliphatic heterocycles. The summed E-state index contributed by atoms with van der Waals surface area (Å²) in [5.74, 6) is 1.53. The standard InChI is InChI=1S/C35H47O4PS/c1-22-14-16-25(17-15-22)37-40(36)38-30-26(34(8,9)10)18-23(32(2,3)4)20-28(30)41-29-21-24(33(5,6)7)19-27(31(29)39-40)35(11,12)13/h14-21H,1-13H3. The summed E-state index contributed by atoms with van der Waals surface area (Å²) in [6.07, 6.45) is 0. The summed E-state index contributed by atoms with van der Waals surface area (Å²) in [5.41, 5.74) is 4.64. The molecular weight excluding hydrogens is 547 g/mol. The van der Waals surface area contributed by atoms with Gasteiger partial charge in [0.2, 0.25) is 0 Å². The van der Waals surface area contributed by atoms with Gasteiger partial charge in [0.1, 0.15) is 5.75 Å². The normalized spacial score (nSPS) is 15.5. The third-order valence-electron chi connectivity index (χ3n) is 7.32. The number of hydrogen-bond acceptors (Lipinski definition) is 5. The van der Waals surface area contributed by atoms with E-state index in [1.807, 2.05) is 19.1 Å². The van der Waals surface area contributed by atoms with Gasteiger partial charge in [0, 0.05) is 11.1 Å². The third kappa shape index (κ3) is 7.00. The van der Waals surface area contributed by atoms with Crippen molar-refractivity contribution in [2.45, 2.75) is 121 Å². The molecule has 0 radical (unpaired) electrons. The highest BCUT2D eigenvalue weighted by molar-refractivity contribution is 7.99. The summed E-state index contributed by atoms with van der Waals surface area (Å²) in [7, 11) is -4.20. The lowest BCUT2D eigenvalue weighted by atomic mass is 9.80. The number of aryl methyl sites for hydroxylation is 1. The van der Waals surface area contributed by atoms with E-state index in [-0.39, 0.29) is 21.7 Å². The van der Waals surface area contributed by atoms with Gasteiger partial charge in [0.15, 0.2) is 11.5 Å². The van der Waals surface area contributed by atoms with Crippen LogP contribution in [-0.2, 0) is 26.2 Å². The van der Waals surface area contributed by atoms with E-state index in [1.165, 1.54) is 11.1 Å². The van der Waals surface area contributed by atoms with Crippen molar-refractivity contribution in [3.8, 4) is 17.2 Å².